The second kappa shape index (κ2) is 6.37. The van der Waals surface area contributed by atoms with Crippen molar-refractivity contribution < 1.29 is 23.8 Å². The molecule has 0 aliphatic carbocycles. The van der Waals surface area contributed by atoms with Crippen molar-refractivity contribution in [1.29, 1.82) is 0 Å². The van der Waals surface area contributed by atoms with Crippen LogP contribution in [0, 0.1) is 5.82 Å². The molecular weight excluding hydrogens is 317 g/mol. The van der Waals surface area contributed by atoms with E-state index in [1.807, 2.05) is 0 Å². The minimum absolute atomic E-state index is 0.134. The van der Waals surface area contributed by atoms with Gasteiger partial charge in [0.05, 0.1) is 7.11 Å². The Hall–Kier alpha value is -3.42. The normalized spacial score (nSPS) is 10.4. The molecule has 0 bridgehead atoms. The van der Waals surface area contributed by atoms with Crippen LogP contribution in [0.5, 0.6) is 17.4 Å². The molecule has 1 heterocycles. The minimum Gasteiger partial charge on any atom is -0.494 e. The number of carboxylic acid groups (broad SMARTS) is 1. The van der Waals surface area contributed by atoms with Crippen LogP contribution in [0.1, 0.15) is 10.5 Å². The average molecular weight is 329 g/mol. The predicted molar refractivity (Wildman–Crippen MR) is 81.8 cm³/mol. The number of hydrogen-bond donors (Lipinski definition) is 2. The van der Waals surface area contributed by atoms with E-state index in [1.165, 1.54) is 13.2 Å². The quantitative estimate of drug-likeness (QED) is 0.746. The van der Waals surface area contributed by atoms with Gasteiger partial charge in [0, 0.05) is 0 Å². The number of carboxylic acids is 1. The second-order valence-electron chi connectivity index (χ2n) is 4.77. The van der Waals surface area contributed by atoms with Crippen molar-refractivity contribution in [1.82, 2.24) is 15.4 Å². The Morgan fingerprint density at radius 2 is 1.88 bits per heavy atom. The number of aromatic carboxylic acids is 1. The van der Waals surface area contributed by atoms with E-state index in [-0.39, 0.29) is 17.3 Å². The first-order valence-corrected chi connectivity index (χ1v) is 6.84. The molecule has 3 rings (SSSR count). The highest BCUT2D eigenvalue weighted by atomic mass is 19.1. The Bertz CT molecular complexity index is 877. The largest absolute Gasteiger partial charge is 0.494 e. The summed E-state index contributed by atoms with van der Waals surface area (Å²) in [6.07, 6.45) is 0. The standard InChI is InChI=1S/C16H12FN3O4/c1-23-13-7-4-10(8-12(13)17)9-2-5-11(6-3-9)24-15-14(16(21)22)18-20-19-15/h2-8H,1H3,(H,21,22)(H,18,19,20). The number of nitrogens with zero attached hydrogens (tertiary/aromatic N) is 2. The predicted octanol–water partition coefficient (Wildman–Crippen LogP) is 3.11. The van der Waals surface area contributed by atoms with Crippen LogP contribution in [0.25, 0.3) is 11.1 Å². The van der Waals surface area contributed by atoms with Crippen LogP contribution in [0.3, 0.4) is 0 Å². The number of carbonyl (C=O) groups is 1. The maximum atomic E-state index is 13.8. The zero-order chi connectivity index (χ0) is 17.1. The van der Waals surface area contributed by atoms with Crippen molar-refractivity contribution in [3.63, 3.8) is 0 Å². The molecule has 3 aromatic rings. The lowest BCUT2D eigenvalue weighted by molar-refractivity contribution is 0.0687. The third-order valence-electron chi connectivity index (χ3n) is 3.28. The lowest BCUT2D eigenvalue weighted by atomic mass is 10.1. The van der Waals surface area contributed by atoms with Gasteiger partial charge in [-0.15, -0.1) is 0 Å². The molecule has 2 N–H and O–H groups in total. The number of rotatable bonds is 5. The topological polar surface area (TPSA) is 97.3 Å². The third kappa shape index (κ3) is 3.02. The van der Waals surface area contributed by atoms with Crippen LogP contribution in [-0.2, 0) is 0 Å². The van der Waals surface area contributed by atoms with Crippen LogP contribution in [0.4, 0.5) is 4.39 Å². The molecule has 0 saturated carbocycles. The van der Waals surface area contributed by atoms with E-state index in [9.17, 15) is 9.18 Å². The number of hydrogen-bond acceptors (Lipinski definition) is 5. The van der Waals surface area contributed by atoms with E-state index in [2.05, 4.69) is 15.4 Å². The Kier molecular flexibility index (Phi) is 4.11. The fraction of sp³-hybridized carbons (Fsp3) is 0.0625. The van der Waals surface area contributed by atoms with Gasteiger partial charge >= 0.3 is 5.97 Å². The first-order chi connectivity index (χ1) is 11.6. The molecule has 0 spiro atoms. The summed E-state index contributed by atoms with van der Waals surface area (Å²) in [4.78, 5) is 11.0. The molecule has 2 aromatic carbocycles. The second-order valence-corrected chi connectivity index (χ2v) is 4.77. The molecule has 8 heteroatoms. The lowest BCUT2D eigenvalue weighted by Crippen LogP contribution is -1.99. The molecular formula is C16H12FN3O4. The Balaban J connectivity index is 1.82. The maximum Gasteiger partial charge on any atom is 0.359 e. The van der Waals surface area contributed by atoms with Crippen molar-refractivity contribution in [2.45, 2.75) is 0 Å². The van der Waals surface area contributed by atoms with Gasteiger partial charge in [0.1, 0.15) is 5.75 Å². The summed E-state index contributed by atoms with van der Waals surface area (Å²) in [5, 5.41) is 18.2. The summed E-state index contributed by atoms with van der Waals surface area (Å²) in [5.41, 5.74) is 1.20. The van der Waals surface area contributed by atoms with E-state index in [0.717, 1.165) is 5.56 Å². The summed E-state index contributed by atoms with van der Waals surface area (Å²) >= 11 is 0. The van der Waals surface area contributed by atoms with Gasteiger partial charge in [-0.3, -0.25) is 0 Å². The SMILES string of the molecule is COc1ccc(-c2ccc(Oc3nn[nH]c3C(=O)O)cc2)cc1F. The van der Waals surface area contributed by atoms with Crippen LogP contribution < -0.4 is 9.47 Å². The van der Waals surface area contributed by atoms with Crippen molar-refractivity contribution in [2.75, 3.05) is 7.11 Å². The molecule has 0 atom stereocenters. The molecule has 122 valence electrons. The summed E-state index contributed by atoms with van der Waals surface area (Å²) < 4.78 is 24.0. The highest BCUT2D eigenvalue weighted by Gasteiger charge is 2.16. The number of methoxy groups -OCH3 is 1. The number of ether oxygens (including phenoxy) is 2. The average Bonchev–Trinajstić information content (AvgIpc) is 3.04. The zero-order valence-corrected chi connectivity index (χ0v) is 12.5. The first kappa shape index (κ1) is 15.5. The lowest BCUT2D eigenvalue weighted by Gasteiger charge is -2.07. The van der Waals surface area contributed by atoms with Gasteiger partial charge < -0.3 is 14.6 Å². The van der Waals surface area contributed by atoms with Crippen molar-refractivity contribution in [3.8, 4) is 28.5 Å². The van der Waals surface area contributed by atoms with Gasteiger partial charge in [0.15, 0.2) is 11.6 Å². The number of aromatic amines is 1. The fourth-order valence-electron chi connectivity index (χ4n) is 2.10. The molecule has 0 aliphatic heterocycles. The fourth-order valence-corrected chi connectivity index (χ4v) is 2.10. The van der Waals surface area contributed by atoms with Crippen LogP contribution in [0.2, 0.25) is 0 Å². The first-order valence-electron chi connectivity index (χ1n) is 6.84. The van der Waals surface area contributed by atoms with E-state index in [0.29, 0.717) is 11.3 Å². The molecule has 0 fully saturated rings. The maximum absolute atomic E-state index is 13.8. The molecule has 0 saturated heterocycles. The number of benzene rings is 2. The monoisotopic (exact) mass is 329 g/mol. The number of H-pyrrole nitrogens is 1. The van der Waals surface area contributed by atoms with Gasteiger partial charge in [-0.2, -0.15) is 0 Å². The van der Waals surface area contributed by atoms with E-state index < -0.39 is 11.8 Å². The van der Waals surface area contributed by atoms with Gasteiger partial charge in [0.2, 0.25) is 5.69 Å². The highest BCUT2D eigenvalue weighted by Crippen LogP contribution is 2.28. The number of halogens is 1. The molecule has 7 nitrogen and oxygen atoms in total. The Morgan fingerprint density at radius 3 is 2.50 bits per heavy atom. The Morgan fingerprint density at radius 1 is 1.17 bits per heavy atom. The third-order valence-corrected chi connectivity index (χ3v) is 3.28. The van der Waals surface area contributed by atoms with E-state index in [4.69, 9.17) is 14.6 Å². The van der Waals surface area contributed by atoms with Gasteiger partial charge in [-0.1, -0.05) is 28.5 Å². The molecule has 0 aliphatic rings. The summed E-state index contributed by atoms with van der Waals surface area (Å²) in [6.45, 7) is 0. The number of aromatic nitrogens is 3. The molecule has 1 aromatic heterocycles. The van der Waals surface area contributed by atoms with Crippen molar-refractivity contribution in [2.24, 2.45) is 0 Å². The van der Waals surface area contributed by atoms with E-state index in [1.54, 1.807) is 36.4 Å². The zero-order valence-electron chi connectivity index (χ0n) is 12.5. The molecule has 0 amide bonds. The van der Waals surface area contributed by atoms with Crippen molar-refractivity contribution in [3.05, 3.63) is 54.0 Å². The highest BCUT2D eigenvalue weighted by molar-refractivity contribution is 5.87. The molecule has 0 radical (unpaired) electrons. The van der Waals surface area contributed by atoms with Gasteiger partial charge in [-0.25, -0.2) is 14.3 Å². The number of nitrogens with one attached hydrogen (secondary N) is 1. The molecule has 24 heavy (non-hydrogen) atoms. The van der Waals surface area contributed by atoms with Crippen molar-refractivity contribution >= 4 is 5.97 Å². The van der Waals surface area contributed by atoms with Crippen LogP contribution in [0.15, 0.2) is 42.5 Å². The van der Waals surface area contributed by atoms with E-state index >= 15 is 0 Å². The summed E-state index contributed by atoms with van der Waals surface area (Å²) in [6, 6.07) is 11.3. The van der Waals surface area contributed by atoms with Crippen LogP contribution in [-0.4, -0.2) is 33.6 Å². The summed E-state index contributed by atoms with van der Waals surface area (Å²) in [7, 11) is 1.40. The van der Waals surface area contributed by atoms with Crippen LogP contribution >= 0.6 is 0 Å². The smallest absolute Gasteiger partial charge is 0.359 e. The van der Waals surface area contributed by atoms with Gasteiger partial charge in [-0.05, 0) is 35.4 Å². The Labute approximate surface area is 135 Å². The van der Waals surface area contributed by atoms with Gasteiger partial charge in [0.25, 0.3) is 5.88 Å². The summed E-state index contributed by atoms with van der Waals surface area (Å²) in [5.74, 6) is -1.26. The minimum atomic E-state index is -1.22. The molecule has 0 unspecified atom stereocenters.